The van der Waals surface area contributed by atoms with Crippen LogP contribution in [0, 0.1) is 25.7 Å². The van der Waals surface area contributed by atoms with Gasteiger partial charge in [0.1, 0.15) is 0 Å². The van der Waals surface area contributed by atoms with E-state index in [0.29, 0.717) is 6.04 Å². The first-order valence-corrected chi connectivity index (χ1v) is 6.88. The molecule has 17 heavy (non-hydrogen) atoms. The summed E-state index contributed by atoms with van der Waals surface area (Å²) in [6.45, 7) is 10.2. The molecular formula is C16H25N. The summed E-state index contributed by atoms with van der Waals surface area (Å²) in [5.74, 6) is 1.70. The first kappa shape index (κ1) is 12.6. The molecule has 0 radical (unpaired) electrons. The van der Waals surface area contributed by atoms with Crippen LogP contribution in [0.4, 0.5) is 0 Å². The van der Waals surface area contributed by atoms with Gasteiger partial charge in [0.25, 0.3) is 0 Å². The van der Waals surface area contributed by atoms with Crippen molar-refractivity contribution >= 4 is 0 Å². The molecule has 94 valence electrons. The summed E-state index contributed by atoms with van der Waals surface area (Å²) in [6, 6.07) is 7.29. The molecule has 1 saturated carbocycles. The predicted octanol–water partition coefficient (Wildman–Crippen LogP) is 3.83. The Balaban J connectivity index is 1.99. The minimum Gasteiger partial charge on any atom is -0.310 e. The van der Waals surface area contributed by atoms with Crippen LogP contribution in [-0.2, 0) is 6.54 Å². The highest BCUT2D eigenvalue weighted by atomic mass is 14.9. The van der Waals surface area contributed by atoms with Gasteiger partial charge in [0.05, 0.1) is 0 Å². The third kappa shape index (κ3) is 2.71. The van der Waals surface area contributed by atoms with Crippen molar-refractivity contribution in [2.75, 3.05) is 0 Å². The van der Waals surface area contributed by atoms with Crippen molar-refractivity contribution in [3.8, 4) is 0 Å². The summed E-state index contributed by atoms with van der Waals surface area (Å²) >= 11 is 0. The first-order valence-electron chi connectivity index (χ1n) is 6.88. The second kappa shape index (κ2) is 5.22. The Kier molecular flexibility index (Phi) is 3.88. The number of rotatable bonds is 3. The fourth-order valence-corrected chi connectivity index (χ4v) is 3.01. The Bertz CT molecular complexity index is 363. The third-order valence-corrected chi connectivity index (χ3v) is 4.65. The molecule has 0 aliphatic heterocycles. The van der Waals surface area contributed by atoms with Gasteiger partial charge in [-0.2, -0.15) is 0 Å². The molecule has 1 aromatic carbocycles. The van der Waals surface area contributed by atoms with Crippen LogP contribution in [0.2, 0.25) is 0 Å². The maximum atomic E-state index is 3.76. The van der Waals surface area contributed by atoms with Crippen LogP contribution in [-0.4, -0.2) is 6.04 Å². The lowest BCUT2D eigenvalue weighted by Gasteiger charge is -2.21. The molecule has 1 aromatic rings. The Morgan fingerprint density at radius 1 is 1.12 bits per heavy atom. The second-order valence-corrected chi connectivity index (χ2v) is 5.77. The van der Waals surface area contributed by atoms with E-state index in [4.69, 9.17) is 0 Å². The largest absolute Gasteiger partial charge is 0.310 e. The van der Waals surface area contributed by atoms with Crippen molar-refractivity contribution in [2.45, 2.75) is 53.1 Å². The molecule has 1 heteroatoms. The van der Waals surface area contributed by atoms with Crippen LogP contribution in [0.5, 0.6) is 0 Å². The third-order valence-electron chi connectivity index (χ3n) is 4.65. The molecule has 1 nitrogen and oxygen atoms in total. The zero-order valence-electron chi connectivity index (χ0n) is 11.6. The first-order chi connectivity index (χ1) is 8.09. The van der Waals surface area contributed by atoms with E-state index >= 15 is 0 Å². The van der Waals surface area contributed by atoms with Crippen molar-refractivity contribution < 1.29 is 0 Å². The number of hydrogen-bond donors (Lipinski definition) is 1. The molecule has 0 heterocycles. The average molecular weight is 231 g/mol. The van der Waals surface area contributed by atoms with E-state index in [0.717, 1.165) is 18.4 Å². The van der Waals surface area contributed by atoms with Gasteiger partial charge in [0.15, 0.2) is 0 Å². The molecular weight excluding hydrogens is 206 g/mol. The molecule has 3 unspecified atom stereocenters. The van der Waals surface area contributed by atoms with Gasteiger partial charge in [-0.3, -0.25) is 0 Å². The molecule has 0 aromatic heterocycles. The molecule has 1 fully saturated rings. The Labute approximate surface area is 106 Å². The van der Waals surface area contributed by atoms with E-state index in [1.807, 2.05) is 0 Å². The van der Waals surface area contributed by atoms with Crippen LogP contribution in [0.25, 0.3) is 0 Å². The van der Waals surface area contributed by atoms with Crippen LogP contribution in [0.1, 0.15) is 43.4 Å². The van der Waals surface area contributed by atoms with Crippen molar-refractivity contribution in [1.82, 2.24) is 5.32 Å². The lowest BCUT2D eigenvalue weighted by molar-refractivity contribution is 0.369. The van der Waals surface area contributed by atoms with E-state index < -0.39 is 0 Å². The van der Waals surface area contributed by atoms with Crippen LogP contribution < -0.4 is 5.32 Å². The minimum atomic E-state index is 0.712. The number of nitrogens with one attached hydrogen (secondary N) is 1. The van der Waals surface area contributed by atoms with Gasteiger partial charge < -0.3 is 5.32 Å². The molecule has 0 bridgehead atoms. The quantitative estimate of drug-likeness (QED) is 0.833. The van der Waals surface area contributed by atoms with E-state index in [1.165, 1.54) is 29.5 Å². The Hall–Kier alpha value is -0.820. The molecule has 0 amide bonds. The monoisotopic (exact) mass is 231 g/mol. The van der Waals surface area contributed by atoms with Gasteiger partial charge in [0, 0.05) is 12.6 Å². The number of aryl methyl sites for hydroxylation is 2. The van der Waals surface area contributed by atoms with Gasteiger partial charge in [-0.15, -0.1) is 0 Å². The average Bonchev–Trinajstić information content (AvgIpc) is 2.60. The van der Waals surface area contributed by atoms with Crippen molar-refractivity contribution in [1.29, 1.82) is 0 Å². The van der Waals surface area contributed by atoms with Crippen molar-refractivity contribution in [3.63, 3.8) is 0 Å². The SMILES string of the molecule is Cc1cccc(C)c1CNC1CCC(C)C1C. The smallest absolute Gasteiger partial charge is 0.0213 e. The van der Waals surface area contributed by atoms with Crippen molar-refractivity contribution in [3.05, 3.63) is 34.9 Å². The van der Waals surface area contributed by atoms with Crippen LogP contribution in [0.15, 0.2) is 18.2 Å². The van der Waals surface area contributed by atoms with Gasteiger partial charge >= 0.3 is 0 Å². The normalized spacial score (nSPS) is 28.6. The maximum Gasteiger partial charge on any atom is 0.0213 e. The summed E-state index contributed by atoms with van der Waals surface area (Å²) in [5, 5.41) is 3.76. The summed E-state index contributed by atoms with van der Waals surface area (Å²) < 4.78 is 0. The van der Waals surface area contributed by atoms with Gasteiger partial charge in [0.2, 0.25) is 0 Å². The minimum absolute atomic E-state index is 0.712. The molecule has 1 N–H and O–H groups in total. The predicted molar refractivity (Wildman–Crippen MR) is 74.1 cm³/mol. The highest BCUT2D eigenvalue weighted by Crippen LogP contribution is 2.31. The highest BCUT2D eigenvalue weighted by molar-refractivity contribution is 5.33. The molecule has 0 spiro atoms. The van der Waals surface area contributed by atoms with E-state index in [-0.39, 0.29) is 0 Å². The number of benzene rings is 1. The maximum absolute atomic E-state index is 3.76. The second-order valence-electron chi connectivity index (χ2n) is 5.77. The zero-order valence-corrected chi connectivity index (χ0v) is 11.6. The lowest BCUT2D eigenvalue weighted by atomic mass is 9.97. The molecule has 3 atom stereocenters. The summed E-state index contributed by atoms with van der Waals surface area (Å²) in [6.07, 6.45) is 2.72. The summed E-state index contributed by atoms with van der Waals surface area (Å²) in [7, 11) is 0. The van der Waals surface area contributed by atoms with Crippen molar-refractivity contribution in [2.24, 2.45) is 11.8 Å². The molecule has 1 aliphatic carbocycles. The molecule has 1 aliphatic rings. The molecule has 2 rings (SSSR count). The van der Waals surface area contributed by atoms with Gasteiger partial charge in [-0.25, -0.2) is 0 Å². The summed E-state index contributed by atoms with van der Waals surface area (Å²) in [4.78, 5) is 0. The highest BCUT2D eigenvalue weighted by Gasteiger charge is 2.29. The van der Waals surface area contributed by atoms with E-state index in [9.17, 15) is 0 Å². The Morgan fingerprint density at radius 2 is 1.76 bits per heavy atom. The number of hydrogen-bond acceptors (Lipinski definition) is 1. The fourth-order valence-electron chi connectivity index (χ4n) is 3.01. The van der Waals surface area contributed by atoms with Gasteiger partial charge in [-0.1, -0.05) is 32.0 Å². The van der Waals surface area contributed by atoms with Gasteiger partial charge in [-0.05, 0) is 55.2 Å². The standard InChI is InChI=1S/C16H25N/c1-11-8-9-16(14(11)4)17-10-15-12(2)6-5-7-13(15)3/h5-7,11,14,16-17H,8-10H2,1-4H3. The zero-order chi connectivity index (χ0) is 12.4. The van der Waals surface area contributed by atoms with Crippen LogP contribution in [0.3, 0.4) is 0 Å². The Morgan fingerprint density at radius 3 is 2.29 bits per heavy atom. The fraction of sp³-hybridized carbons (Fsp3) is 0.625. The van der Waals surface area contributed by atoms with E-state index in [1.54, 1.807) is 0 Å². The summed E-state index contributed by atoms with van der Waals surface area (Å²) in [5.41, 5.74) is 4.31. The lowest BCUT2D eigenvalue weighted by Crippen LogP contribution is -2.32. The topological polar surface area (TPSA) is 12.0 Å². The molecule has 0 saturated heterocycles. The van der Waals surface area contributed by atoms with Crippen LogP contribution >= 0.6 is 0 Å². The van der Waals surface area contributed by atoms with E-state index in [2.05, 4.69) is 51.2 Å².